The van der Waals surface area contributed by atoms with Crippen molar-refractivity contribution in [1.82, 2.24) is 19.5 Å². The van der Waals surface area contributed by atoms with Gasteiger partial charge in [0.25, 0.3) is 0 Å². The zero-order chi connectivity index (χ0) is 12.7. The fraction of sp³-hybridized carbons (Fsp3) is 0.154. The van der Waals surface area contributed by atoms with Crippen molar-refractivity contribution >= 4 is 22.8 Å². The van der Waals surface area contributed by atoms with Gasteiger partial charge in [-0.05, 0) is 30.7 Å². The minimum Gasteiger partial charge on any atom is -0.312 e. The van der Waals surface area contributed by atoms with Crippen LogP contribution in [-0.4, -0.2) is 19.5 Å². The van der Waals surface area contributed by atoms with Crippen LogP contribution in [0.15, 0.2) is 30.6 Å². The molecule has 3 rings (SSSR count). The van der Waals surface area contributed by atoms with Crippen molar-refractivity contribution < 1.29 is 0 Å². The number of hydrogen-bond acceptors (Lipinski definition) is 3. The quantitative estimate of drug-likeness (QED) is 0.630. The van der Waals surface area contributed by atoms with Crippen molar-refractivity contribution in [3.8, 4) is 11.4 Å². The average Bonchev–Trinajstić information content (AvgIpc) is 2.67. The Morgan fingerprint density at radius 1 is 1.28 bits per heavy atom. The zero-order valence-corrected chi connectivity index (χ0v) is 10.8. The van der Waals surface area contributed by atoms with Gasteiger partial charge in [0.05, 0.1) is 5.56 Å². The van der Waals surface area contributed by atoms with Crippen LogP contribution in [0.4, 0.5) is 0 Å². The maximum atomic E-state index is 6.10. The minimum atomic E-state index is 0.452. The van der Waals surface area contributed by atoms with Gasteiger partial charge < -0.3 is 4.57 Å². The van der Waals surface area contributed by atoms with Gasteiger partial charge in [0.15, 0.2) is 5.65 Å². The van der Waals surface area contributed by atoms with Gasteiger partial charge in [-0.25, -0.2) is 15.0 Å². The summed E-state index contributed by atoms with van der Waals surface area (Å²) in [6.45, 7) is 2.00. The molecule has 0 unspecified atom stereocenters. The molecule has 0 saturated carbocycles. The number of fused-ring (bicyclic) bond motifs is 1. The van der Waals surface area contributed by atoms with Crippen molar-refractivity contribution in [1.29, 1.82) is 0 Å². The van der Waals surface area contributed by atoms with E-state index in [9.17, 15) is 0 Å². The molecule has 3 aromatic heterocycles. The lowest BCUT2D eigenvalue weighted by Gasteiger charge is -2.02. The van der Waals surface area contributed by atoms with Gasteiger partial charge in [-0.1, -0.05) is 11.6 Å². The minimum absolute atomic E-state index is 0.452. The Labute approximate surface area is 109 Å². The molecule has 4 nitrogen and oxygen atoms in total. The number of aryl methyl sites for hydroxylation is 2. The summed E-state index contributed by atoms with van der Waals surface area (Å²) in [5.41, 5.74) is 3.62. The van der Waals surface area contributed by atoms with Crippen molar-refractivity contribution in [2.45, 2.75) is 6.92 Å². The van der Waals surface area contributed by atoms with Gasteiger partial charge in [0.2, 0.25) is 0 Å². The van der Waals surface area contributed by atoms with E-state index in [1.165, 1.54) is 0 Å². The van der Waals surface area contributed by atoms with Gasteiger partial charge >= 0.3 is 0 Å². The van der Waals surface area contributed by atoms with Crippen LogP contribution in [0.2, 0.25) is 5.15 Å². The first kappa shape index (κ1) is 11.2. The highest BCUT2D eigenvalue weighted by atomic mass is 35.5. The summed E-state index contributed by atoms with van der Waals surface area (Å²) in [7, 11) is 1.93. The number of nitrogens with zero attached hydrogens (tertiary/aromatic N) is 4. The highest BCUT2D eigenvalue weighted by Gasteiger charge is 2.13. The van der Waals surface area contributed by atoms with Crippen LogP contribution in [-0.2, 0) is 7.05 Å². The fourth-order valence-electron chi connectivity index (χ4n) is 1.97. The molecule has 0 aliphatic rings. The SMILES string of the molecule is Cc1cnc2c(c1)nc(-c1cccnc1Cl)n2C. The van der Waals surface area contributed by atoms with Crippen molar-refractivity contribution in [2.75, 3.05) is 0 Å². The van der Waals surface area contributed by atoms with E-state index < -0.39 is 0 Å². The highest BCUT2D eigenvalue weighted by molar-refractivity contribution is 6.32. The maximum absolute atomic E-state index is 6.10. The molecule has 0 bridgehead atoms. The molecule has 0 aliphatic carbocycles. The van der Waals surface area contributed by atoms with Crippen molar-refractivity contribution in [3.05, 3.63) is 41.3 Å². The molecule has 90 valence electrons. The predicted octanol–water partition coefficient (Wildman–Crippen LogP) is 2.99. The summed E-state index contributed by atoms with van der Waals surface area (Å²) in [4.78, 5) is 13.0. The second-order valence-electron chi connectivity index (χ2n) is 4.19. The molecule has 0 aliphatic heterocycles. The van der Waals surface area contributed by atoms with E-state index in [1.54, 1.807) is 6.20 Å². The van der Waals surface area contributed by atoms with Crippen molar-refractivity contribution in [2.24, 2.45) is 7.05 Å². The van der Waals surface area contributed by atoms with Gasteiger partial charge in [-0.3, -0.25) is 0 Å². The molecule has 5 heteroatoms. The van der Waals surface area contributed by atoms with Gasteiger partial charge in [0, 0.05) is 19.4 Å². The Kier molecular flexibility index (Phi) is 2.52. The first-order valence-electron chi connectivity index (χ1n) is 5.57. The number of aromatic nitrogens is 4. The molecule has 0 fully saturated rings. The second kappa shape index (κ2) is 4.07. The van der Waals surface area contributed by atoms with E-state index >= 15 is 0 Å². The van der Waals surface area contributed by atoms with E-state index in [4.69, 9.17) is 11.6 Å². The summed E-state index contributed by atoms with van der Waals surface area (Å²) < 4.78 is 1.93. The molecular formula is C13H11ClN4. The van der Waals surface area contributed by atoms with E-state index in [1.807, 2.05) is 42.9 Å². The van der Waals surface area contributed by atoms with Crippen LogP contribution in [0.5, 0.6) is 0 Å². The zero-order valence-electron chi connectivity index (χ0n) is 10.1. The highest BCUT2D eigenvalue weighted by Crippen LogP contribution is 2.27. The van der Waals surface area contributed by atoms with E-state index in [0.29, 0.717) is 5.15 Å². The molecule has 0 saturated heterocycles. The molecule has 0 N–H and O–H groups in total. The number of imidazole rings is 1. The monoisotopic (exact) mass is 258 g/mol. The van der Waals surface area contributed by atoms with Crippen LogP contribution in [0.1, 0.15) is 5.56 Å². The smallest absolute Gasteiger partial charge is 0.160 e. The third-order valence-electron chi connectivity index (χ3n) is 2.85. The van der Waals surface area contributed by atoms with Gasteiger partial charge in [-0.15, -0.1) is 0 Å². The lowest BCUT2D eigenvalue weighted by molar-refractivity contribution is 0.940. The largest absolute Gasteiger partial charge is 0.312 e. The lowest BCUT2D eigenvalue weighted by atomic mass is 10.3. The van der Waals surface area contributed by atoms with Crippen molar-refractivity contribution in [3.63, 3.8) is 0 Å². The molecule has 18 heavy (non-hydrogen) atoms. The molecular weight excluding hydrogens is 248 g/mol. The Morgan fingerprint density at radius 3 is 2.89 bits per heavy atom. The number of pyridine rings is 2. The van der Waals surface area contributed by atoms with E-state index in [0.717, 1.165) is 28.1 Å². The standard InChI is InChI=1S/C13H11ClN4/c1-8-6-10-13(16-7-8)18(2)12(17-10)9-4-3-5-15-11(9)14/h3-7H,1-2H3. The topological polar surface area (TPSA) is 43.6 Å². The van der Waals surface area contributed by atoms with E-state index in [-0.39, 0.29) is 0 Å². The first-order valence-corrected chi connectivity index (χ1v) is 5.94. The third-order valence-corrected chi connectivity index (χ3v) is 3.15. The van der Waals surface area contributed by atoms with E-state index in [2.05, 4.69) is 15.0 Å². The Balaban J connectivity index is 2.31. The number of hydrogen-bond donors (Lipinski definition) is 0. The summed E-state index contributed by atoms with van der Waals surface area (Å²) in [6.07, 6.45) is 3.50. The first-order chi connectivity index (χ1) is 8.66. The lowest BCUT2D eigenvalue weighted by Crippen LogP contribution is -1.95. The molecule has 3 aromatic rings. The van der Waals surface area contributed by atoms with Crippen LogP contribution in [0.25, 0.3) is 22.6 Å². The molecule has 3 heterocycles. The van der Waals surface area contributed by atoms with Crippen LogP contribution >= 0.6 is 11.6 Å². The number of halogens is 1. The van der Waals surface area contributed by atoms with Gasteiger partial charge in [0.1, 0.15) is 16.5 Å². The average molecular weight is 259 g/mol. The Hall–Kier alpha value is -1.94. The van der Waals surface area contributed by atoms with Crippen LogP contribution < -0.4 is 0 Å². The molecule has 0 amide bonds. The summed E-state index contributed by atoms with van der Waals surface area (Å²) in [6, 6.07) is 5.76. The molecule has 0 spiro atoms. The van der Waals surface area contributed by atoms with Crippen LogP contribution in [0.3, 0.4) is 0 Å². The molecule has 0 atom stereocenters. The van der Waals surface area contributed by atoms with Gasteiger partial charge in [-0.2, -0.15) is 0 Å². The fourth-order valence-corrected chi connectivity index (χ4v) is 2.17. The third kappa shape index (κ3) is 1.66. The number of rotatable bonds is 1. The summed E-state index contributed by atoms with van der Waals surface area (Å²) in [5, 5.41) is 0.452. The normalized spacial score (nSPS) is 11.1. The molecule has 0 radical (unpaired) electrons. The summed E-state index contributed by atoms with van der Waals surface area (Å²) in [5.74, 6) is 0.779. The maximum Gasteiger partial charge on any atom is 0.160 e. The van der Waals surface area contributed by atoms with Crippen LogP contribution in [0, 0.1) is 6.92 Å². The Bertz CT molecular complexity index is 733. The summed E-state index contributed by atoms with van der Waals surface area (Å²) >= 11 is 6.10. The Morgan fingerprint density at radius 2 is 2.11 bits per heavy atom. The second-order valence-corrected chi connectivity index (χ2v) is 4.55. The predicted molar refractivity (Wildman–Crippen MR) is 71.5 cm³/mol. The molecule has 0 aromatic carbocycles.